The summed E-state index contributed by atoms with van der Waals surface area (Å²) in [7, 11) is 1.47. The number of hydrogen-bond donors (Lipinski definition) is 2. The number of ether oxygens (including phenoxy) is 1. The Kier molecular flexibility index (Phi) is 11.3. The van der Waals surface area contributed by atoms with E-state index in [0.717, 1.165) is 75.5 Å². The van der Waals surface area contributed by atoms with Crippen LogP contribution in [0.15, 0.2) is 174 Å². The van der Waals surface area contributed by atoms with Crippen molar-refractivity contribution < 1.29 is 28.3 Å². The molecular formula is C52H44BrN2O6P. The zero-order chi connectivity index (χ0) is 43.0. The Morgan fingerprint density at radius 1 is 0.677 bits per heavy atom. The van der Waals surface area contributed by atoms with Crippen LogP contribution in [0.1, 0.15) is 29.0 Å². The maximum Gasteiger partial charge on any atom is 0.584 e. The van der Waals surface area contributed by atoms with Crippen LogP contribution in [0.2, 0.25) is 0 Å². The number of benzene rings is 8. The quantitative estimate of drug-likeness (QED) is 0.145. The van der Waals surface area contributed by atoms with Gasteiger partial charge >= 0.3 is 7.82 Å². The summed E-state index contributed by atoms with van der Waals surface area (Å²) in [5.41, 5.74) is 3.91. The minimum Gasteiger partial charge on any atom is -0.481 e. The van der Waals surface area contributed by atoms with E-state index in [9.17, 15) is 14.6 Å². The second kappa shape index (κ2) is 17.0. The molecule has 1 aliphatic rings. The topological polar surface area (TPSA) is 101 Å². The molecular weight excluding hydrogens is 859 g/mol. The van der Waals surface area contributed by atoms with Crippen molar-refractivity contribution >= 4 is 67.0 Å². The van der Waals surface area contributed by atoms with Crippen LogP contribution in [0.4, 0.5) is 0 Å². The summed E-state index contributed by atoms with van der Waals surface area (Å²) < 4.78 is 30.0. The Hall–Kier alpha value is -6.06. The molecule has 0 saturated heterocycles. The minimum atomic E-state index is -4.25. The van der Waals surface area contributed by atoms with Crippen LogP contribution < -0.4 is 13.8 Å². The lowest BCUT2D eigenvalue weighted by molar-refractivity contribution is 0.00520. The molecule has 10 heteroatoms. The fourth-order valence-corrected chi connectivity index (χ4v) is 9.96. The maximum atomic E-state index is 13.0. The van der Waals surface area contributed by atoms with Crippen molar-refractivity contribution in [3.05, 3.63) is 191 Å². The monoisotopic (exact) mass is 902 g/mol. The van der Waals surface area contributed by atoms with Crippen molar-refractivity contribution in [1.82, 2.24) is 9.88 Å². The Labute approximate surface area is 368 Å². The van der Waals surface area contributed by atoms with Gasteiger partial charge in [-0.05, 0) is 100 Å². The molecule has 2 unspecified atom stereocenters. The second-order valence-electron chi connectivity index (χ2n) is 15.7. The van der Waals surface area contributed by atoms with Crippen LogP contribution in [-0.4, -0.2) is 47.6 Å². The zero-order valence-electron chi connectivity index (χ0n) is 34.4. The third-order valence-corrected chi connectivity index (χ3v) is 12.9. The number of hydrogen-bond acceptors (Lipinski definition) is 7. The smallest absolute Gasteiger partial charge is 0.481 e. The van der Waals surface area contributed by atoms with Gasteiger partial charge in [-0.15, -0.1) is 0 Å². The second-order valence-corrected chi connectivity index (χ2v) is 18.0. The Bertz CT molecular complexity index is 3070. The molecule has 0 saturated carbocycles. The molecule has 10 rings (SSSR count). The standard InChI is InChI=1S/C32H31BrN2O2.C20H13O4P/c1-35(2)19-18-32(36,28-15-9-13-22-10-7-8-14-26(22)28)30(23-11-5-4-6-12-23)27-21-24-20-25(33)16-17-29(24)34-31(27)37-3;21-25(22)23-17-11-9-13-5-1-3-7-15(13)19(17)20-16-8-4-2-6-14(16)10-12-18(20)24-25/h4-17,20-21,30,36H,18-19H2,1-3H3;1-12H,(H,21,22). The number of aliphatic hydroxyl groups is 1. The SMILES string of the molecule is COc1nc2ccc(Br)cc2cc1C(c1ccccc1)C(O)(CCN(C)C)c1cccc2ccccc12.O=P1(O)Oc2ccc3ccccc3c2-c2c(ccc3ccccc23)O1. The first-order valence-corrected chi connectivity index (χ1v) is 22.6. The molecule has 2 heterocycles. The normalized spacial score (nSPS) is 14.4. The molecule has 2 N–H and O–H groups in total. The molecule has 1 aliphatic heterocycles. The lowest BCUT2D eigenvalue weighted by Gasteiger charge is -2.39. The van der Waals surface area contributed by atoms with Crippen LogP contribution in [0.5, 0.6) is 17.4 Å². The first kappa shape index (κ1) is 41.3. The van der Waals surface area contributed by atoms with Crippen molar-refractivity contribution in [3.63, 3.8) is 0 Å². The third kappa shape index (κ3) is 7.95. The van der Waals surface area contributed by atoms with Crippen LogP contribution in [0.25, 0.3) is 54.3 Å². The molecule has 2 atom stereocenters. The number of aromatic nitrogens is 1. The molecule has 0 fully saturated rings. The number of phosphoric ester groups is 1. The van der Waals surface area contributed by atoms with Gasteiger partial charge in [-0.3, -0.25) is 4.89 Å². The molecule has 62 heavy (non-hydrogen) atoms. The highest BCUT2D eigenvalue weighted by Gasteiger charge is 2.43. The van der Waals surface area contributed by atoms with Gasteiger partial charge < -0.3 is 23.8 Å². The first-order chi connectivity index (χ1) is 30.0. The predicted octanol–water partition coefficient (Wildman–Crippen LogP) is 12.7. The average molecular weight is 904 g/mol. The van der Waals surface area contributed by atoms with E-state index in [1.807, 2.05) is 123 Å². The van der Waals surface area contributed by atoms with E-state index >= 15 is 0 Å². The number of nitrogens with zero attached hydrogens (tertiary/aromatic N) is 2. The lowest BCUT2D eigenvalue weighted by atomic mass is 9.70. The number of methoxy groups -OCH3 is 1. The molecule has 9 aromatic rings. The summed E-state index contributed by atoms with van der Waals surface area (Å²) in [6.45, 7) is 0.706. The van der Waals surface area contributed by atoms with Crippen LogP contribution in [0, 0.1) is 0 Å². The predicted molar refractivity (Wildman–Crippen MR) is 253 cm³/mol. The van der Waals surface area contributed by atoms with Gasteiger partial charge in [-0.25, -0.2) is 9.55 Å². The summed E-state index contributed by atoms with van der Waals surface area (Å²) >= 11 is 3.60. The van der Waals surface area contributed by atoms with Gasteiger partial charge in [0.15, 0.2) is 0 Å². The van der Waals surface area contributed by atoms with Crippen molar-refractivity contribution in [3.8, 4) is 28.5 Å². The van der Waals surface area contributed by atoms with E-state index in [4.69, 9.17) is 18.8 Å². The summed E-state index contributed by atoms with van der Waals surface area (Å²) in [5.74, 6) is 0.789. The molecule has 8 nitrogen and oxygen atoms in total. The molecule has 0 spiro atoms. The van der Waals surface area contributed by atoms with E-state index in [-0.39, 0.29) is 0 Å². The Morgan fingerprint density at radius 2 is 1.23 bits per heavy atom. The summed E-state index contributed by atoms with van der Waals surface area (Å²) in [6.07, 6.45) is 0.521. The third-order valence-electron chi connectivity index (χ3n) is 11.5. The van der Waals surface area contributed by atoms with Gasteiger partial charge in [0, 0.05) is 39.0 Å². The Balaban J connectivity index is 0.000000170. The number of rotatable bonds is 8. The largest absolute Gasteiger partial charge is 0.584 e. The summed E-state index contributed by atoms with van der Waals surface area (Å²) in [5, 5.41) is 20.1. The lowest BCUT2D eigenvalue weighted by Crippen LogP contribution is -2.38. The minimum absolute atomic E-state index is 0.347. The molecule has 0 radical (unpaired) electrons. The fourth-order valence-electron chi connectivity index (χ4n) is 8.74. The van der Waals surface area contributed by atoms with Crippen molar-refractivity contribution in [2.24, 2.45) is 0 Å². The summed E-state index contributed by atoms with van der Waals surface area (Å²) in [4.78, 5) is 17.1. The van der Waals surface area contributed by atoms with Gasteiger partial charge in [0.2, 0.25) is 5.88 Å². The number of phosphoric acid groups is 1. The number of pyridine rings is 1. The molecule has 1 aromatic heterocycles. The van der Waals surface area contributed by atoms with Gasteiger partial charge in [0.25, 0.3) is 0 Å². The average Bonchev–Trinajstić information content (AvgIpc) is 3.41. The fraction of sp³-hybridized carbons (Fsp3) is 0.135. The number of fused-ring (bicyclic) bond motifs is 9. The first-order valence-electron chi connectivity index (χ1n) is 20.3. The van der Waals surface area contributed by atoms with E-state index in [2.05, 4.69) is 69.4 Å². The van der Waals surface area contributed by atoms with Crippen molar-refractivity contribution in [2.45, 2.75) is 17.9 Å². The van der Waals surface area contributed by atoms with Gasteiger partial charge in [-0.2, -0.15) is 0 Å². The highest BCUT2D eigenvalue weighted by Crippen LogP contribution is 2.57. The van der Waals surface area contributed by atoms with Gasteiger partial charge in [0.1, 0.15) is 17.1 Å². The molecule has 0 aliphatic carbocycles. The molecule has 0 amide bonds. The van der Waals surface area contributed by atoms with Crippen LogP contribution in [0.3, 0.4) is 0 Å². The van der Waals surface area contributed by atoms with Gasteiger partial charge in [0.05, 0.1) is 12.6 Å². The maximum absolute atomic E-state index is 13.0. The van der Waals surface area contributed by atoms with E-state index in [1.165, 1.54) is 0 Å². The zero-order valence-corrected chi connectivity index (χ0v) is 36.9. The van der Waals surface area contributed by atoms with E-state index < -0.39 is 19.3 Å². The van der Waals surface area contributed by atoms with E-state index in [0.29, 0.717) is 30.3 Å². The number of halogens is 1. The summed E-state index contributed by atoms with van der Waals surface area (Å²) in [6, 6.07) is 55.8. The molecule has 310 valence electrons. The molecule has 0 bridgehead atoms. The van der Waals surface area contributed by atoms with Crippen molar-refractivity contribution in [1.29, 1.82) is 0 Å². The highest BCUT2D eigenvalue weighted by atomic mass is 79.9. The van der Waals surface area contributed by atoms with Crippen LogP contribution in [-0.2, 0) is 10.2 Å². The van der Waals surface area contributed by atoms with E-state index in [1.54, 1.807) is 19.2 Å². The van der Waals surface area contributed by atoms with Crippen molar-refractivity contribution in [2.75, 3.05) is 27.7 Å². The Morgan fingerprint density at radius 3 is 1.82 bits per heavy atom. The molecule has 8 aromatic carbocycles. The highest BCUT2D eigenvalue weighted by molar-refractivity contribution is 9.10. The van der Waals surface area contributed by atoms with Crippen LogP contribution >= 0.6 is 23.8 Å². The van der Waals surface area contributed by atoms with Gasteiger partial charge in [-0.1, -0.05) is 149 Å².